The van der Waals surface area contributed by atoms with Crippen LogP contribution < -0.4 is 0 Å². The number of hydrogen-bond acceptors (Lipinski definition) is 4. The van der Waals surface area contributed by atoms with Gasteiger partial charge in [0.15, 0.2) is 0 Å². The van der Waals surface area contributed by atoms with Crippen molar-refractivity contribution in [3.63, 3.8) is 0 Å². The summed E-state index contributed by atoms with van der Waals surface area (Å²) in [7, 11) is 2.95. The van der Waals surface area contributed by atoms with Crippen molar-refractivity contribution in [3.8, 4) is 0 Å². The quantitative estimate of drug-likeness (QED) is 0.164. The number of carbonyl (C=O) groups is 2. The van der Waals surface area contributed by atoms with E-state index in [4.69, 9.17) is 4.74 Å². The maximum absolute atomic E-state index is 11.5. The largest absolute Gasteiger partial charge is 0.469 e. The van der Waals surface area contributed by atoms with E-state index in [2.05, 4.69) is 11.7 Å². The highest BCUT2D eigenvalue weighted by Gasteiger charge is 2.15. The molecule has 0 aliphatic rings. The summed E-state index contributed by atoms with van der Waals surface area (Å²) in [4.78, 5) is 22.5. The van der Waals surface area contributed by atoms with Crippen molar-refractivity contribution >= 4 is 11.9 Å². The minimum Gasteiger partial charge on any atom is -0.469 e. The van der Waals surface area contributed by atoms with Gasteiger partial charge in [-0.2, -0.15) is 0 Å². The van der Waals surface area contributed by atoms with Gasteiger partial charge in [-0.25, -0.2) is 0 Å². The van der Waals surface area contributed by atoms with Gasteiger partial charge in [-0.3, -0.25) is 9.59 Å². The van der Waals surface area contributed by atoms with Crippen LogP contribution in [0.25, 0.3) is 0 Å². The van der Waals surface area contributed by atoms with Gasteiger partial charge in [0.25, 0.3) is 0 Å². The SMILES string of the molecule is CCC(CCCCCCCCCCCCCCCCCC(=O)OC)C(=O)OC. The average Bonchev–Trinajstić information content (AvgIpc) is 2.72. The second kappa shape index (κ2) is 20.7. The summed E-state index contributed by atoms with van der Waals surface area (Å²) in [6.07, 6.45) is 21.7. The van der Waals surface area contributed by atoms with E-state index in [1.165, 1.54) is 91.3 Å². The van der Waals surface area contributed by atoms with E-state index in [1.54, 1.807) is 0 Å². The number of ether oxygens (including phenoxy) is 2. The van der Waals surface area contributed by atoms with Gasteiger partial charge in [0.05, 0.1) is 20.1 Å². The Balaban J connectivity index is 3.20. The Kier molecular flexibility index (Phi) is 19.9. The second-order valence-corrected chi connectivity index (χ2v) is 8.05. The third-order valence-electron chi connectivity index (χ3n) is 5.69. The molecule has 0 fully saturated rings. The van der Waals surface area contributed by atoms with Crippen molar-refractivity contribution in [2.75, 3.05) is 14.2 Å². The van der Waals surface area contributed by atoms with Crippen molar-refractivity contribution in [2.45, 2.75) is 122 Å². The third-order valence-corrected chi connectivity index (χ3v) is 5.69. The predicted molar refractivity (Wildman–Crippen MR) is 116 cm³/mol. The molecule has 0 aromatic heterocycles. The Morgan fingerprint density at radius 3 is 1.36 bits per heavy atom. The highest BCUT2D eigenvalue weighted by molar-refractivity contribution is 5.72. The van der Waals surface area contributed by atoms with Crippen LogP contribution >= 0.6 is 0 Å². The van der Waals surface area contributed by atoms with Gasteiger partial charge in [0, 0.05) is 6.42 Å². The van der Waals surface area contributed by atoms with Gasteiger partial charge in [-0.1, -0.05) is 96.8 Å². The van der Waals surface area contributed by atoms with Crippen LogP contribution in [0.1, 0.15) is 122 Å². The Morgan fingerprint density at radius 1 is 0.607 bits per heavy atom. The molecule has 0 N–H and O–H groups in total. The molecule has 0 spiro atoms. The molecule has 1 unspecified atom stereocenters. The molecule has 0 aliphatic heterocycles. The lowest BCUT2D eigenvalue weighted by molar-refractivity contribution is -0.146. The van der Waals surface area contributed by atoms with Crippen LogP contribution in [-0.4, -0.2) is 26.2 Å². The molecule has 0 aromatic carbocycles. The summed E-state index contributed by atoms with van der Waals surface area (Å²) in [5.74, 6) is -0.0189. The molecule has 166 valence electrons. The first-order valence-electron chi connectivity index (χ1n) is 11.8. The van der Waals surface area contributed by atoms with Gasteiger partial charge in [0.2, 0.25) is 0 Å². The van der Waals surface area contributed by atoms with Crippen molar-refractivity contribution in [1.82, 2.24) is 0 Å². The maximum atomic E-state index is 11.5. The first kappa shape index (κ1) is 26.9. The number of carbonyl (C=O) groups excluding carboxylic acids is 2. The van der Waals surface area contributed by atoms with Crippen LogP contribution in [0.15, 0.2) is 0 Å². The minimum absolute atomic E-state index is 0.0407. The maximum Gasteiger partial charge on any atom is 0.308 e. The molecule has 0 saturated carbocycles. The number of methoxy groups -OCH3 is 2. The Morgan fingerprint density at radius 2 is 1.00 bits per heavy atom. The minimum atomic E-state index is -0.0799. The van der Waals surface area contributed by atoms with Crippen LogP contribution in [-0.2, 0) is 19.1 Å². The van der Waals surface area contributed by atoms with Crippen LogP contribution in [0.5, 0.6) is 0 Å². The van der Waals surface area contributed by atoms with Crippen molar-refractivity contribution in [2.24, 2.45) is 5.92 Å². The van der Waals surface area contributed by atoms with E-state index in [0.717, 1.165) is 32.1 Å². The van der Waals surface area contributed by atoms with Crippen LogP contribution in [0.3, 0.4) is 0 Å². The molecule has 28 heavy (non-hydrogen) atoms. The molecular weight excluding hydrogens is 352 g/mol. The summed E-state index contributed by atoms with van der Waals surface area (Å²) in [5.41, 5.74) is 0. The first-order chi connectivity index (χ1) is 13.7. The van der Waals surface area contributed by atoms with Gasteiger partial charge >= 0.3 is 11.9 Å². The van der Waals surface area contributed by atoms with Crippen molar-refractivity contribution in [3.05, 3.63) is 0 Å². The zero-order valence-electron chi connectivity index (χ0n) is 18.9. The number of unbranched alkanes of at least 4 members (excludes halogenated alkanes) is 14. The molecule has 4 nitrogen and oxygen atoms in total. The van der Waals surface area contributed by atoms with Gasteiger partial charge in [-0.05, 0) is 19.3 Å². The normalized spacial score (nSPS) is 12.0. The van der Waals surface area contributed by atoms with E-state index in [1.807, 2.05) is 0 Å². The number of esters is 2. The fraction of sp³-hybridized carbons (Fsp3) is 0.917. The molecule has 0 aromatic rings. The lowest BCUT2D eigenvalue weighted by atomic mass is 9.98. The van der Waals surface area contributed by atoms with E-state index in [9.17, 15) is 9.59 Å². The monoisotopic (exact) mass is 398 g/mol. The van der Waals surface area contributed by atoms with Gasteiger partial charge in [-0.15, -0.1) is 0 Å². The molecule has 0 aliphatic carbocycles. The molecular formula is C24H46O4. The Hall–Kier alpha value is -1.06. The van der Waals surface area contributed by atoms with E-state index in [0.29, 0.717) is 6.42 Å². The highest BCUT2D eigenvalue weighted by Crippen LogP contribution is 2.17. The molecule has 0 saturated heterocycles. The zero-order valence-corrected chi connectivity index (χ0v) is 18.9. The number of hydrogen-bond donors (Lipinski definition) is 0. The van der Waals surface area contributed by atoms with E-state index >= 15 is 0 Å². The molecule has 4 heteroatoms. The molecule has 0 heterocycles. The van der Waals surface area contributed by atoms with Gasteiger partial charge < -0.3 is 9.47 Å². The summed E-state index contributed by atoms with van der Waals surface area (Å²) < 4.78 is 9.48. The van der Waals surface area contributed by atoms with Crippen LogP contribution in [0.4, 0.5) is 0 Å². The fourth-order valence-corrected chi connectivity index (χ4v) is 3.72. The van der Waals surface area contributed by atoms with Crippen molar-refractivity contribution < 1.29 is 19.1 Å². The smallest absolute Gasteiger partial charge is 0.308 e. The molecule has 0 rings (SSSR count). The lowest BCUT2D eigenvalue weighted by Crippen LogP contribution is -2.15. The lowest BCUT2D eigenvalue weighted by Gasteiger charge is -2.11. The summed E-state index contributed by atoms with van der Waals surface area (Å²) in [6, 6.07) is 0. The molecule has 0 bridgehead atoms. The second-order valence-electron chi connectivity index (χ2n) is 8.05. The van der Waals surface area contributed by atoms with Crippen molar-refractivity contribution in [1.29, 1.82) is 0 Å². The molecule has 0 radical (unpaired) electrons. The summed E-state index contributed by atoms with van der Waals surface area (Å²) in [5, 5.41) is 0. The standard InChI is InChI=1S/C24H46O4/c1-4-22(24(26)28-3)20-18-16-14-12-10-8-6-5-7-9-11-13-15-17-19-21-23(25)27-2/h22H,4-21H2,1-3H3. The Labute approximate surface area is 174 Å². The fourth-order valence-electron chi connectivity index (χ4n) is 3.72. The van der Waals surface area contributed by atoms with E-state index < -0.39 is 0 Å². The summed E-state index contributed by atoms with van der Waals surface area (Å²) >= 11 is 0. The topological polar surface area (TPSA) is 52.6 Å². The summed E-state index contributed by atoms with van der Waals surface area (Å²) in [6.45, 7) is 2.06. The molecule has 0 amide bonds. The van der Waals surface area contributed by atoms with Gasteiger partial charge in [0.1, 0.15) is 0 Å². The Bertz CT molecular complexity index is 368. The predicted octanol–water partition coefficient (Wildman–Crippen LogP) is 6.99. The van der Waals surface area contributed by atoms with E-state index in [-0.39, 0.29) is 17.9 Å². The average molecular weight is 399 g/mol. The number of rotatable bonds is 20. The molecule has 1 atom stereocenters. The van der Waals surface area contributed by atoms with Crippen LogP contribution in [0, 0.1) is 5.92 Å². The highest BCUT2D eigenvalue weighted by atomic mass is 16.5. The third kappa shape index (κ3) is 17.1. The first-order valence-corrected chi connectivity index (χ1v) is 11.8. The zero-order chi connectivity index (χ0) is 20.9. The van der Waals surface area contributed by atoms with Crippen LogP contribution in [0.2, 0.25) is 0 Å².